The predicted molar refractivity (Wildman–Crippen MR) is 65.5 cm³/mol. The highest BCUT2D eigenvalue weighted by atomic mass is 35.5. The zero-order chi connectivity index (χ0) is 13.9. The monoisotopic (exact) mass is 296 g/mol. The molecule has 1 aromatic carbocycles. The summed E-state index contributed by atoms with van der Waals surface area (Å²) in [6.45, 7) is 1.28. The lowest BCUT2D eigenvalue weighted by molar-refractivity contribution is -0.109. The van der Waals surface area contributed by atoms with E-state index in [2.05, 4.69) is 0 Å². The highest BCUT2D eigenvalue weighted by Crippen LogP contribution is 2.27. The SMILES string of the molecule is CC(=O)SCC(O)C(O)c1c(F)cc(Cl)cc1F. The summed E-state index contributed by atoms with van der Waals surface area (Å²) >= 11 is 6.19. The van der Waals surface area contributed by atoms with Gasteiger partial charge in [-0.25, -0.2) is 8.78 Å². The number of carbonyl (C=O) groups is 1. The summed E-state index contributed by atoms with van der Waals surface area (Å²) in [7, 11) is 0. The largest absolute Gasteiger partial charge is 0.389 e. The Bertz CT molecular complexity index is 433. The van der Waals surface area contributed by atoms with Crippen molar-refractivity contribution in [2.45, 2.75) is 19.1 Å². The molecule has 0 amide bonds. The zero-order valence-electron chi connectivity index (χ0n) is 9.36. The number of halogens is 3. The van der Waals surface area contributed by atoms with E-state index >= 15 is 0 Å². The van der Waals surface area contributed by atoms with Gasteiger partial charge in [0.25, 0.3) is 0 Å². The fourth-order valence-corrected chi connectivity index (χ4v) is 2.10. The maximum atomic E-state index is 13.5. The van der Waals surface area contributed by atoms with E-state index in [0.29, 0.717) is 0 Å². The number of benzene rings is 1. The van der Waals surface area contributed by atoms with Crippen molar-refractivity contribution in [1.29, 1.82) is 0 Å². The smallest absolute Gasteiger partial charge is 0.185 e. The zero-order valence-corrected chi connectivity index (χ0v) is 10.9. The second kappa shape index (κ2) is 6.47. The Labute approximate surface area is 112 Å². The van der Waals surface area contributed by atoms with Gasteiger partial charge in [0.05, 0.1) is 11.7 Å². The van der Waals surface area contributed by atoms with Crippen molar-refractivity contribution in [1.82, 2.24) is 0 Å². The van der Waals surface area contributed by atoms with Crippen LogP contribution in [0.15, 0.2) is 12.1 Å². The quantitative estimate of drug-likeness (QED) is 0.895. The highest BCUT2D eigenvalue weighted by Gasteiger charge is 2.26. The Kier molecular flexibility index (Phi) is 5.52. The third kappa shape index (κ3) is 3.91. The number of aliphatic hydroxyl groups is 2. The number of rotatable bonds is 4. The molecule has 0 aliphatic rings. The summed E-state index contributed by atoms with van der Waals surface area (Å²) in [5.74, 6) is -2.24. The van der Waals surface area contributed by atoms with E-state index < -0.39 is 29.4 Å². The molecule has 7 heteroatoms. The first-order chi connectivity index (χ1) is 8.32. The van der Waals surface area contributed by atoms with Crippen molar-refractivity contribution < 1.29 is 23.8 Å². The minimum Gasteiger partial charge on any atom is -0.389 e. The molecule has 0 bridgehead atoms. The molecule has 0 aliphatic carbocycles. The number of carbonyl (C=O) groups excluding carboxylic acids is 1. The summed E-state index contributed by atoms with van der Waals surface area (Å²) in [5.41, 5.74) is -0.656. The molecule has 0 saturated heterocycles. The normalized spacial score (nSPS) is 14.3. The fourth-order valence-electron chi connectivity index (χ4n) is 1.32. The van der Waals surface area contributed by atoms with Crippen LogP contribution in [0.1, 0.15) is 18.6 Å². The maximum absolute atomic E-state index is 13.5. The van der Waals surface area contributed by atoms with Crippen LogP contribution in [0.2, 0.25) is 5.02 Å². The summed E-state index contributed by atoms with van der Waals surface area (Å²) in [5, 5.41) is 18.8. The van der Waals surface area contributed by atoms with Crippen LogP contribution in [0.5, 0.6) is 0 Å². The van der Waals surface area contributed by atoms with Gasteiger partial charge in [-0.05, 0) is 12.1 Å². The molecule has 0 radical (unpaired) electrons. The standard InChI is InChI=1S/C11H11ClF2O3S/c1-5(15)18-4-9(16)11(17)10-7(13)2-6(12)3-8(10)14/h2-3,9,11,16-17H,4H2,1H3. The van der Waals surface area contributed by atoms with Crippen LogP contribution >= 0.6 is 23.4 Å². The Hall–Kier alpha value is -0.690. The van der Waals surface area contributed by atoms with Crippen LogP contribution in [0, 0.1) is 11.6 Å². The number of hydrogen-bond acceptors (Lipinski definition) is 4. The molecular formula is C11H11ClF2O3S. The van der Waals surface area contributed by atoms with Crippen molar-refractivity contribution in [2.24, 2.45) is 0 Å². The molecule has 0 heterocycles. The lowest BCUT2D eigenvalue weighted by Crippen LogP contribution is -2.23. The first-order valence-electron chi connectivity index (χ1n) is 4.97. The molecule has 2 N–H and O–H groups in total. The summed E-state index contributed by atoms with van der Waals surface area (Å²) < 4.78 is 26.9. The molecule has 100 valence electrons. The molecular weight excluding hydrogens is 286 g/mol. The van der Waals surface area contributed by atoms with E-state index in [9.17, 15) is 23.8 Å². The van der Waals surface area contributed by atoms with Gasteiger partial charge in [0.2, 0.25) is 0 Å². The van der Waals surface area contributed by atoms with E-state index in [0.717, 1.165) is 23.9 Å². The van der Waals surface area contributed by atoms with Gasteiger partial charge >= 0.3 is 0 Å². The Morgan fingerprint density at radius 1 is 1.39 bits per heavy atom. The Balaban J connectivity index is 2.89. The van der Waals surface area contributed by atoms with E-state index in [4.69, 9.17) is 11.6 Å². The molecule has 0 saturated carbocycles. The molecule has 0 aliphatic heterocycles. The lowest BCUT2D eigenvalue weighted by atomic mass is 10.0. The minimum atomic E-state index is -1.76. The van der Waals surface area contributed by atoms with Gasteiger partial charge in [0, 0.05) is 17.7 Å². The average molecular weight is 297 g/mol. The molecule has 0 fully saturated rings. The predicted octanol–water partition coefficient (Wildman–Crippen LogP) is 2.29. The van der Waals surface area contributed by atoms with E-state index in [1.54, 1.807) is 0 Å². The molecule has 2 unspecified atom stereocenters. The van der Waals surface area contributed by atoms with Gasteiger partial charge in [-0.3, -0.25) is 4.79 Å². The maximum Gasteiger partial charge on any atom is 0.185 e. The van der Waals surface area contributed by atoms with Crippen LogP contribution in [-0.4, -0.2) is 27.2 Å². The molecule has 2 atom stereocenters. The van der Waals surface area contributed by atoms with E-state index in [-0.39, 0.29) is 15.9 Å². The van der Waals surface area contributed by atoms with Gasteiger partial charge in [-0.2, -0.15) is 0 Å². The van der Waals surface area contributed by atoms with Crippen molar-refractivity contribution in [2.75, 3.05) is 5.75 Å². The third-order valence-electron chi connectivity index (χ3n) is 2.16. The first-order valence-corrected chi connectivity index (χ1v) is 6.33. The van der Waals surface area contributed by atoms with Crippen molar-refractivity contribution in [3.05, 3.63) is 34.4 Å². The molecule has 0 aromatic heterocycles. The van der Waals surface area contributed by atoms with Crippen LogP contribution in [0.4, 0.5) is 8.78 Å². The van der Waals surface area contributed by atoms with E-state index in [1.165, 1.54) is 6.92 Å². The molecule has 1 rings (SSSR count). The van der Waals surface area contributed by atoms with Crippen molar-refractivity contribution in [3.63, 3.8) is 0 Å². The van der Waals surface area contributed by atoms with E-state index in [1.807, 2.05) is 0 Å². The lowest BCUT2D eigenvalue weighted by Gasteiger charge is -2.18. The summed E-state index contributed by atoms with van der Waals surface area (Å²) in [4.78, 5) is 10.7. The number of hydrogen-bond donors (Lipinski definition) is 2. The second-order valence-electron chi connectivity index (χ2n) is 3.60. The average Bonchev–Trinajstić information content (AvgIpc) is 2.24. The van der Waals surface area contributed by atoms with Gasteiger partial charge in [0.1, 0.15) is 17.7 Å². The summed E-state index contributed by atoms with van der Waals surface area (Å²) in [6, 6.07) is 1.68. The molecule has 3 nitrogen and oxygen atoms in total. The molecule has 1 aromatic rings. The van der Waals surface area contributed by atoms with Gasteiger partial charge in [0.15, 0.2) is 5.12 Å². The first kappa shape index (κ1) is 15.4. The van der Waals surface area contributed by atoms with Gasteiger partial charge in [-0.15, -0.1) is 0 Å². The minimum absolute atomic E-state index is 0.145. The Morgan fingerprint density at radius 3 is 2.33 bits per heavy atom. The van der Waals surface area contributed by atoms with Crippen LogP contribution in [-0.2, 0) is 4.79 Å². The number of thioether (sulfide) groups is 1. The van der Waals surface area contributed by atoms with Crippen LogP contribution in [0.3, 0.4) is 0 Å². The fraction of sp³-hybridized carbons (Fsp3) is 0.364. The topological polar surface area (TPSA) is 57.5 Å². The van der Waals surface area contributed by atoms with Crippen LogP contribution in [0.25, 0.3) is 0 Å². The van der Waals surface area contributed by atoms with Gasteiger partial charge < -0.3 is 10.2 Å². The van der Waals surface area contributed by atoms with Gasteiger partial charge in [-0.1, -0.05) is 23.4 Å². The molecule has 0 spiro atoms. The van der Waals surface area contributed by atoms with Crippen molar-refractivity contribution in [3.8, 4) is 0 Å². The summed E-state index contributed by atoms with van der Waals surface area (Å²) in [6.07, 6.45) is -3.21. The number of aliphatic hydroxyl groups excluding tert-OH is 2. The highest BCUT2D eigenvalue weighted by molar-refractivity contribution is 8.13. The third-order valence-corrected chi connectivity index (χ3v) is 3.29. The van der Waals surface area contributed by atoms with Crippen LogP contribution < -0.4 is 0 Å². The van der Waals surface area contributed by atoms with Crippen molar-refractivity contribution >= 4 is 28.5 Å². The molecule has 18 heavy (non-hydrogen) atoms. The second-order valence-corrected chi connectivity index (χ2v) is 5.23. The Morgan fingerprint density at radius 2 is 1.89 bits per heavy atom.